The molecule has 6 atom stereocenters. The largest absolute Gasteiger partial charge is 0.700 e. The molecule has 2 aliphatic heterocycles. The first-order valence-corrected chi connectivity index (χ1v) is 11.2. The fourth-order valence-corrected chi connectivity index (χ4v) is 6.43. The summed E-state index contributed by atoms with van der Waals surface area (Å²) in [4.78, 5) is 0. The quantitative estimate of drug-likeness (QED) is 0.748. The van der Waals surface area contributed by atoms with Gasteiger partial charge in [-0.25, -0.2) is 0 Å². The van der Waals surface area contributed by atoms with E-state index in [-0.39, 0.29) is 12.5 Å². The average molecular weight is 355 g/mol. The summed E-state index contributed by atoms with van der Waals surface area (Å²) < 4.78 is 24.3. The fraction of sp³-hybridized carbons (Fsp3) is 1.00. The van der Waals surface area contributed by atoms with Crippen molar-refractivity contribution in [3.8, 4) is 0 Å². The number of nitrogens with one attached hydrogen (secondary N) is 2. The van der Waals surface area contributed by atoms with Gasteiger partial charge in [0.15, 0.2) is 12.5 Å². The lowest BCUT2D eigenvalue weighted by atomic mass is 9.75. The van der Waals surface area contributed by atoms with E-state index in [1.807, 2.05) is 0 Å². The van der Waals surface area contributed by atoms with Crippen LogP contribution >= 0.6 is 8.25 Å². The predicted molar refractivity (Wildman–Crippen MR) is 93.5 cm³/mol. The molecule has 5 nitrogen and oxygen atoms in total. The first-order chi connectivity index (χ1) is 11.8. The molecule has 2 heterocycles. The lowest BCUT2D eigenvalue weighted by Gasteiger charge is -2.40. The normalized spacial score (nSPS) is 43.6. The van der Waals surface area contributed by atoms with Crippen LogP contribution in [0.3, 0.4) is 0 Å². The molecule has 4 fully saturated rings. The molecule has 2 N–H and O–H groups in total. The van der Waals surface area contributed by atoms with Crippen molar-refractivity contribution in [2.45, 2.75) is 76.7 Å². The van der Waals surface area contributed by atoms with Crippen molar-refractivity contribution in [1.82, 2.24) is 10.6 Å². The highest BCUT2D eigenvalue weighted by Crippen LogP contribution is 2.43. The Morgan fingerprint density at radius 3 is 1.62 bits per heavy atom. The third kappa shape index (κ3) is 3.86. The van der Waals surface area contributed by atoms with Crippen molar-refractivity contribution in [2.75, 3.05) is 13.1 Å². The first-order valence-electron chi connectivity index (χ1n) is 10.1. The maximum atomic E-state index is 12.6. The summed E-state index contributed by atoms with van der Waals surface area (Å²) in [5.74, 6) is 2.50. The molecule has 4 rings (SSSR count). The summed E-state index contributed by atoms with van der Waals surface area (Å²) in [5.41, 5.74) is 0. The van der Waals surface area contributed by atoms with E-state index >= 15 is 0 Å². The molecule has 2 aliphatic carbocycles. The number of fused-ring (bicyclic) bond motifs is 2. The molecule has 0 aromatic rings. The topological polar surface area (TPSA) is 59.6 Å². The van der Waals surface area contributed by atoms with Crippen LogP contribution in [0.4, 0.5) is 0 Å². The molecule has 0 radical (unpaired) electrons. The molecule has 136 valence electrons. The van der Waals surface area contributed by atoms with Crippen LogP contribution in [0.15, 0.2) is 0 Å². The maximum Gasteiger partial charge on any atom is 0.700 e. The number of piperidine rings is 2. The molecule has 2 saturated heterocycles. The Kier molecular flexibility index (Phi) is 5.85. The molecule has 0 aromatic heterocycles. The van der Waals surface area contributed by atoms with Crippen molar-refractivity contribution in [3.63, 3.8) is 0 Å². The van der Waals surface area contributed by atoms with Crippen molar-refractivity contribution < 1.29 is 13.6 Å². The predicted octanol–water partition coefficient (Wildman–Crippen LogP) is 3.93. The SMILES string of the molecule is O=[P+](OC1NCCC2CCCCC21)OC1NCCC2CCCCC21. The van der Waals surface area contributed by atoms with Crippen LogP contribution in [0.25, 0.3) is 0 Å². The minimum atomic E-state index is -2.07. The monoisotopic (exact) mass is 355 g/mol. The van der Waals surface area contributed by atoms with Gasteiger partial charge < -0.3 is 0 Å². The van der Waals surface area contributed by atoms with Gasteiger partial charge in [0.2, 0.25) is 0 Å². The van der Waals surface area contributed by atoms with Crippen LogP contribution in [0.2, 0.25) is 0 Å². The van der Waals surface area contributed by atoms with E-state index in [0.29, 0.717) is 11.8 Å². The van der Waals surface area contributed by atoms with E-state index in [2.05, 4.69) is 10.6 Å². The van der Waals surface area contributed by atoms with Crippen molar-refractivity contribution in [2.24, 2.45) is 23.7 Å². The Hall–Kier alpha value is -0.0600. The molecule has 6 heteroatoms. The van der Waals surface area contributed by atoms with Gasteiger partial charge in [-0.05, 0) is 63.5 Å². The third-order valence-corrected chi connectivity index (χ3v) is 7.63. The zero-order valence-corrected chi connectivity index (χ0v) is 15.5. The summed E-state index contributed by atoms with van der Waals surface area (Å²) >= 11 is 0. The maximum absolute atomic E-state index is 12.6. The first kappa shape index (κ1) is 17.4. The van der Waals surface area contributed by atoms with E-state index in [1.165, 1.54) is 64.2 Å². The highest BCUT2D eigenvalue weighted by Gasteiger charge is 2.45. The molecular weight excluding hydrogens is 323 g/mol. The molecule has 2 saturated carbocycles. The molecule has 0 aromatic carbocycles. The summed E-state index contributed by atoms with van der Waals surface area (Å²) in [6.07, 6.45) is 12.5. The van der Waals surface area contributed by atoms with E-state index < -0.39 is 8.25 Å². The van der Waals surface area contributed by atoms with Gasteiger partial charge in [0.1, 0.15) is 0 Å². The molecule has 4 aliphatic rings. The Bertz CT molecular complexity index is 408. The number of hydrogen-bond acceptors (Lipinski definition) is 5. The second kappa shape index (κ2) is 8.09. The summed E-state index contributed by atoms with van der Waals surface area (Å²) in [7, 11) is -2.07. The molecule has 0 bridgehead atoms. The van der Waals surface area contributed by atoms with Gasteiger partial charge in [-0.3, -0.25) is 10.6 Å². The zero-order chi connectivity index (χ0) is 16.4. The Labute approximate surface area is 146 Å². The van der Waals surface area contributed by atoms with E-state index in [4.69, 9.17) is 9.05 Å². The smallest absolute Gasteiger partial charge is 0.288 e. The lowest BCUT2D eigenvalue weighted by Crippen LogP contribution is -2.49. The van der Waals surface area contributed by atoms with Gasteiger partial charge in [-0.2, -0.15) is 0 Å². The van der Waals surface area contributed by atoms with Crippen LogP contribution in [-0.2, 0) is 13.6 Å². The van der Waals surface area contributed by atoms with Crippen LogP contribution < -0.4 is 10.6 Å². The zero-order valence-electron chi connectivity index (χ0n) is 14.6. The number of rotatable bonds is 4. The summed E-state index contributed by atoms with van der Waals surface area (Å²) in [6, 6.07) is 0. The molecule has 0 amide bonds. The Morgan fingerprint density at radius 2 is 1.12 bits per heavy atom. The highest BCUT2D eigenvalue weighted by molar-refractivity contribution is 7.33. The van der Waals surface area contributed by atoms with Crippen LogP contribution in [0, 0.1) is 23.7 Å². The Morgan fingerprint density at radius 1 is 0.667 bits per heavy atom. The van der Waals surface area contributed by atoms with Gasteiger partial charge in [0, 0.05) is 16.4 Å². The lowest BCUT2D eigenvalue weighted by molar-refractivity contribution is -0.0226. The second-order valence-corrected chi connectivity index (χ2v) is 9.05. The number of hydrogen-bond donors (Lipinski definition) is 2. The van der Waals surface area contributed by atoms with E-state index in [0.717, 1.165) is 24.9 Å². The standard InChI is InChI=1S/C18H32N2O3P/c21-24(22-17-15-7-3-1-5-13(15)9-11-19-17)23-18-16-8-4-2-6-14(16)10-12-20-18/h13-20H,1-12H2/q+1. The van der Waals surface area contributed by atoms with Gasteiger partial charge in [-0.1, -0.05) is 34.7 Å². The van der Waals surface area contributed by atoms with Gasteiger partial charge >= 0.3 is 8.25 Å². The van der Waals surface area contributed by atoms with Crippen molar-refractivity contribution in [1.29, 1.82) is 0 Å². The van der Waals surface area contributed by atoms with Gasteiger partial charge in [0.05, 0.1) is 0 Å². The van der Waals surface area contributed by atoms with Gasteiger partial charge in [-0.15, -0.1) is 0 Å². The Balaban J connectivity index is 1.32. The third-order valence-electron chi connectivity index (χ3n) is 6.83. The summed E-state index contributed by atoms with van der Waals surface area (Å²) in [5, 5.41) is 6.87. The molecule has 0 spiro atoms. The second-order valence-electron chi connectivity index (χ2n) is 8.18. The van der Waals surface area contributed by atoms with Gasteiger partial charge in [0.25, 0.3) is 0 Å². The van der Waals surface area contributed by atoms with Crippen LogP contribution in [0.1, 0.15) is 64.2 Å². The summed E-state index contributed by atoms with van der Waals surface area (Å²) in [6.45, 7) is 1.95. The van der Waals surface area contributed by atoms with Crippen LogP contribution in [0.5, 0.6) is 0 Å². The molecular formula is C18H32N2O3P+. The fourth-order valence-electron chi connectivity index (χ4n) is 5.55. The minimum Gasteiger partial charge on any atom is -0.288 e. The van der Waals surface area contributed by atoms with E-state index in [9.17, 15) is 4.57 Å². The molecule has 6 unspecified atom stereocenters. The molecule has 24 heavy (non-hydrogen) atoms. The van der Waals surface area contributed by atoms with Crippen molar-refractivity contribution in [3.05, 3.63) is 0 Å². The van der Waals surface area contributed by atoms with E-state index in [1.54, 1.807) is 0 Å². The minimum absolute atomic E-state index is 0.0848. The van der Waals surface area contributed by atoms with Crippen molar-refractivity contribution >= 4 is 8.25 Å². The van der Waals surface area contributed by atoms with Crippen LogP contribution in [-0.4, -0.2) is 25.5 Å². The highest BCUT2D eigenvalue weighted by atomic mass is 31.1. The average Bonchev–Trinajstić information content (AvgIpc) is 2.62.